The molecule has 1 heterocycles. The number of rotatable bonds is 2. The predicted molar refractivity (Wildman–Crippen MR) is 96.1 cm³/mol. The number of aliphatic hydroxyl groups is 1. The van der Waals surface area contributed by atoms with Crippen LogP contribution >= 0.6 is 11.6 Å². The maximum atomic E-state index is 12.2. The molecule has 24 heavy (non-hydrogen) atoms. The first-order valence-corrected chi connectivity index (χ1v) is 8.13. The molecule has 0 bridgehead atoms. The zero-order valence-corrected chi connectivity index (χ0v) is 14.9. The van der Waals surface area contributed by atoms with Crippen molar-refractivity contribution in [1.82, 2.24) is 0 Å². The summed E-state index contributed by atoms with van der Waals surface area (Å²) in [6, 6.07) is 11.6. The minimum absolute atomic E-state index is 0.0158. The normalized spacial score (nSPS) is 16.5. The van der Waals surface area contributed by atoms with Gasteiger partial charge in [0.25, 0.3) is 0 Å². The average molecular weight is 343 g/mol. The molecule has 0 atom stereocenters. The lowest BCUT2D eigenvalue weighted by molar-refractivity contribution is -0.143. The smallest absolute Gasteiger partial charge is 0.343 e. The highest BCUT2D eigenvalue weighted by atomic mass is 35.5. The van der Waals surface area contributed by atoms with Gasteiger partial charge in [-0.2, -0.15) is 0 Å². The van der Waals surface area contributed by atoms with Crippen molar-refractivity contribution in [3.05, 3.63) is 63.9 Å². The van der Waals surface area contributed by atoms with Crippen LogP contribution in [0.15, 0.2) is 42.2 Å². The Morgan fingerprint density at radius 1 is 1.00 bits per heavy atom. The van der Waals surface area contributed by atoms with Gasteiger partial charge in [-0.25, -0.2) is 4.79 Å². The van der Waals surface area contributed by atoms with Gasteiger partial charge in [0.2, 0.25) is 0 Å². The number of aryl methyl sites for hydroxylation is 2. The molecule has 3 nitrogen and oxygen atoms in total. The molecule has 124 valence electrons. The first-order chi connectivity index (χ1) is 11.2. The van der Waals surface area contributed by atoms with Gasteiger partial charge in [0.05, 0.1) is 0 Å². The number of hydrogen-bond donors (Lipinski definition) is 1. The fourth-order valence-corrected chi connectivity index (χ4v) is 3.24. The minimum atomic E-state index is -0.986. The van der Waals surface area contributed by atoms with Gasteiger partial charge in [-0.15, -0.1) is 0 Å². The molecule has 2 aromatic carbocycles. The molecule has 0 radical (unpaired) electrons. The van der Waals surface area contributed by atoms with Gasteiger partial charge >= 0.3 is 5.97 Å². The van der Waals surface area contributed by atoms with Crippen LogP contribution in [0.5, 0.6) is 0 Å². The Labute approximate surface area is 146 Å². The van der Waals surface area contributed by atoms with Gasteiger partial charge in [0, 0.05) is 5.02 Å². The molecule has 0 saturated heterocycles. The average Bonchev–Trinajstić information content (AvgIpc) is 2.69. The lowest BCUT2D eigenvalue weighted by Crippen LogP contribution is -2.22. The van der Waals surface area contributed by atoms with Crippen LogP contribution in [-0.4, -0.2) is 16.7 Å². The second-order valence-electron chi connectivity index (χ2n) is 6.62. The molecule has 0 aromatic heterocycles. The van der Waals surface area contributed by atoms with Crippen molar-refractivity contribution in [2.75, 3.05) is 0 Å². The minimum Gasteiger partial charge on any atom is -0.507 e. The topological polar surface area (TPSA) is 46.5 Å². The van der Waals surface area contributed by atoms with Gasteiger partial charge in [0.1, 0.15) is 5.57 Å². The first kappa shape index (κ1) is 16.6. The van der Waals surface area contributed by atoms with Crippen LogP contribution in [0.2, 0.25) is 5.02 Å². The van der Waals surface area contributed by atoms with E-state index in [1.165, 1.54) is 0 Å². The summed E-state index contributed by atoms with van der Waals surface area (Å²) in [6.07, 6.45) is 0. The largest absolute Gasteiger partial charge is 0.507 e. The Bertz CT molecular complexity index is 838. The molecule has 0 fully saturated rings. The highest BCUT2D eigenvalue weighted by Gasteiger charge is 2.42. The number of halogens is 1. The van der Waals surface area contributed by atoms with Crippen LogP contribution in [-0.2, 0) is 9.53 Å². The summed E-state index contributed by atoms with van der Waals surface area (Å²) in [6.45, 7) is 7.22. The zero-order valence-electron chi connectivity index (χ0n) is 14.1. The monoisotopic (exact) mass is 342 g/mol. The second kappa shape index (κ2) is 5.67. The van der Waals surface area contributed by atoms with Crippen molar-refractivity contribution >= 4 is 23.1 Å². The summed E-state index contributed by atoms with van der Waals surface area (Å²) in [4.78, 5) is 12.2. The van der Waals surface area contributed by atoms with E-state index in [4.69, 9.17) is 16.3 Å². The third kappa shape index (κ3) is 2.69. The maximum absolute atomic E-state index is 12.2. The number of carbonyl (C=O) groups is 1. The summed E-state index contributed by atoms with van der Waals surface area (Å²) in [5, 5.41) is 11.1. The third-order valence-electron chi connectivity index (χ3n) is 4.32. The number of aliphatic hydroxyl groups excluding tert-OH is 1. The lowest BCUT2D eigenvalue weighted by Gasteiger charge is -2.16. The first-order valence-electron chi connectivity index (χ1n) is 7.75. The van der Waals surface area contributed by atoms with Crippen LogP contribution in [0.1, 0.15) is 30.5 Å². The SMILES string of the molecule is Cc1cc(-c2ccc(Cl)cc2)cc(C)c1C1=C(O)C(C)(C)OC1=O. The summed E-state index contributed by atoms with van der Waals surface area (Å²) in [7, 11) is 0. The Hall–Kier alpha value is -2.26. The van der Waals surface area contributed by atoms with Crippen molar-refractivity contribution in [2.24, 2.45) is 0 Å². The van der Waals surface area contributed by atoms with Crippen LogP contribution in [0, 0.1) is 13.8 Å². The quantitative estimate of drug-likeness (QED) is 0.760. The van der Waals surface area contributed by atoms with E-state index in [-0.39, 0.29) is 11.3 Å². The standard InChI is InChI=1S/C20H19ClO3/c1-11-9-14(13-5-7-15(21)8-6-13)10-12(2)16(11)17-18(22)20(3,4)24-19(17)23/h5-10,22H,1-4H3. The second-order valence-corrected chi connectivity index (χ2v) is 7.05. The van der Waals surface area contributed by atoms with E-state index in [0.717, 1.165) is 27.8 Å². The molecular formula is C20H19ClO3. The number of cyclic esters (lactones) is 1. The number of ether oxygens (including phenoxy) is 1. The number of carbonyl (C=O) groups excluding carboxylic acids is 1. The summed E-state index contributed by atoms with van der Waals surface area (Å²) in [5.41, 5.74) is 3.92. The molecule has 2 aromatic rings. The zero-order chi connectivity index (χ0) is 17.6. The summed E-state index contributed by atoms with van der Waals surface area (Å²) in [5.74, 6) is -0.499. The number of benzene rings is 2. The lowest BCUT2D eigenvalue weighted by atomic mass is 9.90. The summed E-state index contributed by atoms with van der Waals surface area (Å²) >= 11 is 5.95. The van der Waals surface area contributed by atoms with E-state index < -0.39 is 11.6 Å². The van der Waals surface area contributed by atoms with Gasteiger partial charge in [0.15, 0.2) is 11.4 Å². The highest BCUT2D eigenvalue weighted by Crippen LogP contribution is 2.39. The molecule has 0 spiro atoms. The van der Waals surface area contributed by atoms with Crippen LogP contribution < -0.4 is 0 Å². The van der Waals surface area contributed by atoms with E-state index in [2.05, 4.69) is 0 Å². The van der Waals surface area contributed by atoms with E-state index in [1.807, 2.05) is 50.2 Å². The van der Waals surface area contributed by atoms with E-state index >= 15 is 0 Å². The molecule has 0 saturated carbocycles. The number of hydrogen-bond acceptors (Lipinski definition) is 3. The van der Waals surface area contributed by atoms with Gasteiger partial charge in [-0.3, -0.25) is 0 Å². The molecule has 1 aliphatic rings. The molecule has 1 aliphatic heterocycles. The Kier molecular flexibility index (Phi) is 3.92. The summed E-state index contributed by atoms with van der Waals surface area (Å²) < 4.78 is 5.29. The predicted octanol–water partition coefficient (Wildman–Crippen LogP) is 5.23. The molecule has 3 rings (SSSR count). The molecule has 0 unspecified atom stereocenters. The van der Waals surface area contributed by atoms with Crippen molar-refractivity contribution in [1.29, 1.82) is 0 Å². The van der Waals surface area contributed by atoms with Crippen LogP contribution in [0.25, 0.3) is 16.7 Å². The van der Waals surface area contributed by atoms with E-state index in [1.54, 1.807) is 13.8 Å². The third-order valence-corrected chi connectivity index (χ3v) is 4.57. The van der Waals surface area contributed by atoms with Crippen molar-refractivity contribution in [3.8, 4) is 11.1 Å². The van der Waals surface area contributed by atoms with Crippen LogP contribution in [0.4, 0.5) is 0 Å². The molecule has 1 N–H and O–H groups in total. The maximum Gasteiger partial charge on any atom is 0.343 e. The van der Waals surface area contributed by atoms with Crippen molar-refractivity contribution in [2.45, 2.75) is 33.3 Å². The van der Waals surface area contributed by atoms with Crippen molar-refractivity contribution in [3.63, 3.8) is 0 Å². The van der Waals surface area contributed by atoms with Crippen molar-refractivity contribution < 1.29 is 14.6 Å². The van der Waals surface area contributed by atoms with E-state index in [9.17, 15) is 9.90 Å². The molecule has 0 amide bonds. The van der Waals surface area contributed by atoms with E-state index in [0.29, 0.717) is 5.02 Å². The fraction of sp³-hybridized carbons (Fsp3) is 0.250. The number of esters is 1. The van der Waals surface area contributed by atoms with Gasteiger partial charge in [-0.05, 0) is 67.6 Å². The Morgan fingerprint density at radius 2 is 1.54 bits per heavy atom. The molecule has 0 aliphatic carbocycles. The van der Waals surface area contributed by atoms with Crippen LogP contribution in [0.3, 0.4) is 0 Å². The fourth-order valence-electron chi connectivity index (χ4n) is 3.12. The highest BCUT2D eigenvalue weighted by molar-refractivity contribution is 6.30. The Balaban J connectivity index is 2.14. The Morgan fingerprint density at radius 3 is 2.00 bits per heavy atom. The van der Waals surface area contributed by atoms with Gasteiger partial charge < -0.3 is 9.84 Å². The van der Waals surface area contributed by atoms with Gasteiger partial charge in [-0.1, -0.05) is 35.9 Å². The molecule has 4 heteroatoms. The molecular weight excluding hydrogens is 324 g/mol.